The Morgan fingerprint density at radius 2 is 1.88 bits per heavy atom. The number of thioether (sulfide) groups is 1. The Morgan fingerprint density at radius 1 is 1.19 bits per heavy atom. The van der Waals surface area contributed by atoms with Crippen LogP contribution in [0.3, 0.4) is 0 Å². The van der Waals surface area contributed by atoms with Crippen LogP contribution in [0.1, 0.15) is 6.92 Å². The van der Waals surface area contributed by atoms with Crippen molar-refractivity contribution in [3.63, 3.8) is 0 Å². The van der Waals surface area contributed by atoms with Gasteiger partial charge in [0.05, 0.1) is 11.3 Å². The van der Waals surface area contributed by atoms with Gasteiger partial charge in [-0.3, -0.25) is 0 Å². The molecule has 2 nitrogen and oxygen atoms in total. The van der Waals surface area contributed by atoms with E-state index in [2.05, 4.69) is 6.07 Å². The molecule has 2 aromatic rings. The van der Waals surface area contributed by atoms with Gasteiger partial charge in [0.2, 0.25) is 0 Å². The molecule has 0 saturated heterocycles. The molecule has 0 heterocycles. The molecule has 0 spiro atoms. The highest BCUT2D eigenvalue weighted by Gasteiger charge is 2.08. The maximum absolute atomic E-state index is 9.71. The van der Waals surface area contributed by atoms with E-state index in [0.29, 0.717) is 0 Å². The van der Waals surface area contributed by atoms with E-state index in [9.17, 15) is 5.11 Å². The van der Waals surface area contributed by atoms with Crippen molar-refractivity contribution in [2.45, 2.75) is 17.1 Å². The summed E-state index contributed by atoms with van der Waals surface area (Å²) in [6.07, 6.45) is 0. The first-order valence-corrected chi connectivity index (χ1v) is 5.87. The lowest BCUT2D eigenvalue weighted by atomic mass is 10.1. The summed E-state index contributed by atoms with van der Waals surface area (Å²) in [5.74, 6) is 0.282. The second-order valence-electron chi connectivity index (χ2n) is 3.52. The van der Waals surface area contributed by atoms with Gasteiger partial charge >= 0.3 is 0 Å². The minimum absolute atomic E-state index is 0.0899. The average molecular weight is 229 g/mol. The van der Waals surface area contributed by atoms with Crippen LogP contribution in [0.15, 0.2) is 41.3 Å². The number of rotatable bonds is 2. The molecule has 0 aliphatic carbocycles. The Bertz CT molecular complexity index is 559. The first-order valence-electron chi connectivity index (χ1n) is 4.99. The number of nitriles is 1. The van der Waals surface area contributed by atoms with Crippen LogP contribution < -0.4 is 0 Å². The summed E-state index contributed by atoms with van der Waals surface area (Å²) in [7, 11) is 0. The summed E-state index contributed by atoms with van der Waals surface area (Å²) in [6.45, 7) is 1.87. The van der Waals surface area contributed by atoms with E-state index < -0.39 is 0 Å². The van der Waals surface area contributed by atoms with Crippen LogP contribution in [0.4, 0.5) is 0 Å². The molecule has 16 heavy (non-hydrogen) atoms. The van der Waals surface area contributed by atoms with Crippen molar-refractivity contribution < 1.29 is 5.11 Å². The third-order valence-corrected chi connectivity index (χ3v) is 3.42. The van der Waals surface area contributed by atoms with Gasteiger partial charge < -0.3 is 5.11 Å². The van der Waals surface area contributed by atoms with Crippen molar-refractivity contribution in [3.05, 3.63) is 36.4 Å². The number of hydrogen-bond donors (Lipinski definition) is 1. The zero-order valence-corrected chi connectivity index (χ0v) is 9.66. The fourth-order valence-corrected chi connectivity index (χ4v) is 2.46. The molecular weight excluding hydrogens is 218 g/mol. The maximum Gasteiger partial charge on any atom is 0.123 e. The highest BCUT2D eigenvalue weighted by molar-refractivity contribution is 8.00. The van der Waals surface area contributed by atoms with E-state index in [1.807, 2.05) is 37.3 Å². The number of fused-ring (bicyclic) bond motifs is 1. The molecule has 1 N–H and O–H groups in total. The fraction of sp³-hybridized carbons (Fsp3) is 0.154. The smallest absolute Gasteiger partial charge is 0.123 e. The second-order valence-corrected chi connectivity index (χ2v) is 4.90. The Morgan fingerprint density at radius 3 is 2.56 bits per heavy atom. The fourth-order valence-electron chi connectivity index (χ4n) is 1.58. The van der Waals surface area contributed by atoms with Gasteiger partial charge in [-0.2, -0.15) is 5.26 Å². The van der Waals surface area contributed by atoms with Gasteiger partial charge in [0.1, 0.15) is 5.75 Å². The molecule has 2 aromatic carbocycles. The predicted molar refractivity (Wildman–Crippen MR) is 66.5 cm³/mol. The summed E-state index contributed by atoms with van der Waals surface area (Å²) >= 11 is 1.51. The molecule has 0 bridgehead atoms. The first kappa shape index (κ1) is 10.8. The van der Waals surface area contributed by atoms with E-state index in [-0.39, 0.29) is 11.0 Å². The molecule has 3 heteroatoms. The highest BCUT2D eigenvalue weighted by Crippen LogP contribution is 2.34. The van der Waals surface area contributed by atoms with Crippen molar-refractivity contribution in [2.75, 3.05) is 0 Å². The Hall–Kier alpha value is -1.66. The Kier molecular flexibility index (Phi) is 3.02. The van der Waals surface area contributed by atoms with Gasteiger partial charge in [-0.15, -0.1) is 11.8 Å². The number of phenols is 1. The van der Waals surface area contributed by atoms with E-state index >= 15 is 0 Å². The second kappa shape index (κ2) is 4.46. The van der Waals surface area contributed by atoms with Crippen LogP contribution in [-0.4, -0.2) is 10.4 Å². The SMILES string of the molecule is CC(C#N)Sc1ccc(O)c2ccccc12. The summed E-state index contributed by atoms with van der Waals surface area (Å²) in [5, 5.41) is 20.3. The molecule has 0 aliphatic heterocycles. The number of phenolic OH excluding ortho intramolecular Hbond substituents is 1. The molecule has 1 unspecified atom stereocenters. The van der Waals surface area contributed by atoms with E-state index in [1.54, 1.807) is 6.07 Å². The number of hydrogen-bond acceptors (Lipinski definition) is 3. The van der Waals surface area contributed by atoms with Crippen LogP contribution in [0.2, 0.25) is 0 Å². The molecule has 0 amide bonds. The average Bonchev–Trinajstić information content (AvgIpc) is 2.33. The van der Waals surface area contributed by atoms with Gasteiger partial charge in [-0.05, 0) is 24.4 Å². The Labute approximate surface area is 98.5 Å². The number of aromatic hydroxyl groups is 1. The molecule has 0 saturated carbocycles. The molecule has 0 fully saturated rings. The molecule has 1 atom stereocenters. The van der Waals surface area contributed by atoms with Crippen LogP contribution in [-0.2, 0) is 0 Å². The molecule has 0 radical (unpaired) electrons. The maximum atomic E-state index is 9.71. The van der Waals surface area contributed by atoms with Crippen molar-refractivity contribution in [3.8, 4) is 11.8 Å². The predicted octanol–water partition coefficient (Wildman–Crippen LogP) is 3.55. The van der Waals surface area contributed by atoms with E-state index in [1.165, 1.54) is 11.8 Å². The molecular formula is C13H11NOS. The van der Waals surface area contributed by atoms with Crippen molar-refractivity contribution in [2.24, 2.45) is 0 Å². The lowest BCUT2D eigenvalue weighted by Gasteiger charge is -2.08. The largest absolute Gasteiger partial charge is 0.507 e. The number of benzene rings is 2. The van der Waals surface area contributed by atoms with E-state index in [4.69, 9.17) is 5.26 Å². The van der Waals surface area contributed by atoms with Crippen molar-refractivity contribution in [1.29, 1.82) is 5.26 Å². The van der Waals surface area contributed by atoms with Crippen LogP contribution in [0.5, 0.6) is 5.75 Å². The van der Waals surface area contributed by atoms with Gasteiger partial charge in [0.25, 0.3) is 0 Å². The molecule has 80 valence electrons. The van der Waals surface area contributed by atoms with Gasteiger partial charge in [-0.25, -0.2) is 0 Å². The lowest BCUT2D eigenvalue weighted by Crippen LogP contribution is -1.90. The summed E-state index contributed by atoms with van der Waals surface area (Å²) in [4.78, 5) is 1.03. The number of nitrogens with zero attached hydrogens (tertiary/aromatic N) is 1. The summed E-state index contributed by atoms with van der Waals surface area (Å²) in [6, 6.07) is 13.4. The zero-order valence-electron chi connectivity index (χ0n) is 8.84. The summed E-state index contributed by atoms with van der Waals surface area (Å²) in [5.41, 5.74) is 0. The topological polar surface area (TPSA) is 44.0 Å². The monoisotopic (exact) mass is 229 g/mol. The lowest BCUT2D eigenvalue weighted by molar-refractivity contribution is 0.481. The minimum Gasteiger partial charge on any atom is -0.507 e. The third kappa shape index (κ3) is 1.98. The van der Waals surface area contributed by atoms with Crippen LogP contribution in [0.25, 0.3) is 10.8 Å². The van der Waals surface area contributed by atoms with Crippen molar-refractivity contribution in [1.82, 2.24) is 0 Å². The molecule has 0 aliphatic rings. The summed E-state index contributed by atoms with van der Waals surface area (Å²) < 4.78 is 0. The van der Waals surface area contributed by atoms with Crippen molar-refractivity contribution >= 4 is 22.5 Å². The standard InChI is InChI=1S/C13H11NOS/c1-9(8-14)16-13-7-6-12(15)10-4-2-3-5-11(10)13/h2-7,9,15H,1H3. The normalized spacial score (nSPS) is 12.2. The van der Waals surface area contributed by atoms with E-state index in [0.717, 1.165) is 15.7 Å². The Balaban J connectivity index is 2.55. The highest BCUT2D eigenvalue weighted by atomic mass is 32.2. The first-order chi connectivity index (χ1) is 7.72. The third-order valence-electron chi connectivity index (χ3n) is 2.35. The van der Waals surface area contributed by atoms with Gasteiger partial charge in [0, 0.05) is 10.3 Å². The molecule has 2 rings (SSSR count). The zero-order chi connectivity index (χ0) is 11.5. The van der Waals surface area contributed by atoms with Gasteiger partial charge in [-0.1, -0.05) is 24.3 Å². The minimum atomic E-state index is -0.0899. The molecule has 0 aromatic heterocycles. The van der Waals surface area contributed by atoms with Crippen LogP contribution >= 0.6 is 11.8 Å². The quantitative estimate of drug-likeness (QED) is 0.801. The van der Waals surface area contributed by atoms with Gasteiger partial charge in [0.15, 0.2) is 0 Å². The van der Waals surface area contributed by atoms with Crippen LogP contribution in [0, 0.1) is 11.3 Å².